The summed E-state index contributed by atoms with van der Waals surface area (Å²) in [4.78, 5) is 24.2. The van der Waals surface area contributed by atoms with Crippen LogP contribution in [-0.2, 0) is 4.79 Å². The van der Waals surface area contributed by atoms with Crippen molar-refractivity contribution >= 4 is 40.7 Å². The van der Waals surface area contributed by atoms with Gasteiger partial charge < -0.3 is 16.4 Å². The fourth-order valence-electron chi connectivity index (χ4n) is 1.41. The Morgan fingerprint density at radius 1 is 1.28 bits per heavy atom. The molecule has 7 heteroatoms. The minimum Gasteiger partial charge on any atom is -0.396 e. The second-order valence-corrected chi connectivity index (χ2v) is 4.45. The van der Waals surface area contributed by atoms with Gasteiger partial charge in [-0.05, 0) is 19.1 Å². The Morgan fingerprint density at radius 3 is 2.17 bits per heavy atom. The van der Waals surface area contributed by atoms with Gasteiger partial charge in [-0.3, -0.25) is 9.59 Å². The van der Waals surface area contributed by atoms with Gasteiger partial charge in [0.2, 0.25) is 5.91 Å². The van der Waals surface area contributed by atoms with E-state index in [4.69, 9.17) is 34.7 Å². The third-order valence-electron chi connectivity index (χ3n) is 2.34. The summed E-state index contributed by atoms with van der Waals surface area (Å²) in [6, 6.07) is 2.82. The predicted octanol–water partition coefficient (Wildman–Crippen LogP) is 1.52. The number of nitrogens with two attached hydrogens (primary N) is 2. The lowest BCUT2D eigenvalue weighted by Gasteiger charge is -2.19. The first-order valence-electron chi connectivity index (χ1n) is 5.18. The number of primary amides is 1. The van der Waals surface area contributed by atoms with E-state index in [0.717, 1.165) is 0 Å². The molecule has 18 heavy (non-hydrogen) atoms. The Balaban J connectivity index is 3.06. The number of halogens is 2. The van der Waals surface area contributed by atoms with Crippen molar-refractivity contribution in [3.8, 4) is 0 Å². The molecular weight excluding hydrogens is 277 g/mol. The number of amides is 2. The minimum absolute atomic E-state index is 0.158. The largest absolute Gasteiger partial charge is 0.396 e. The molecule has 5 nitrogen and oxygen atoms in total. The molecule has 0 atom stereocenters. The lowest BCUT2D eigenvalue weighted by atomic mass is 10.1. The molecule has 98 valence electrons. The topological polar surface area (TPSA) is 89.4 Å². The van der Waals surface area contributed by atoms with Crippen molar-refractivity contribution in [1.29, 1.82) is 0 Å². The molecule has 1 aromatic rings. The Morgan fingerprint density at radius 2 is 1.78 bits per heavy atom. The average molecular weight is 290 g/mol. The van der Waals surface area contributed by atoms with E-state index < -0.39 is 5.91 Å². The van der Waals surface area contributed by atoms with Crippen LogP contribution in [0.25, 0.3) is 0 Å². The van der Waals surface area contributed by atoms with Crippen LogP contribution in [-0.4, -0.2) is 29.8 Å². The van der Waals surface area contributed by atoms with E-state index in [1.54, 1.807) is 6.92 Å². The van der Waals surface area contributed by atoms with E-state index in [-0.39, 0.29) is 33.7 Å². The van der Waals surface area contributed by atoms with Crippen LogP contribution in [0.15, 0.2) is 12.1 Å². The number of nitrogens with zero attached hydrogens (tertiary/aromatic N) is 1. The van der Waals surface area contributed by atoms with E-state index in [0.29, 0.717) is 6.54 Å². The van der Waals surface area contributed by atoms with Crippen molar-refractivity contribution in [2.45, 2.75) is 6.92 Å². The summed E-state index contributed by atoms with van der Waals surface area (Å²) in [5, 5.41) is 0.391. The molecule has 0 bridgehead atoms. The Bertz CT molecular complexity index is 468. The molecule has 1 aromatic carbocycles. The number of hydrogen-bond acceptors (Lipinski definition) is 3. The quantitative estimate of drug-likeness (QED) is 0.824. The number of likely N-dealkylation sites (N-methyl/N-ethyl adjacent to an activating group) is 1. The predicted molar refractivity (Wildman–Crippen MR) is 71.6 cm³/mol. The number of anilines is 1. The third-order valence-corrected chi connectivity index (χ3v) is 2.97. The van der Waals surface area contributed by atoms with E-state index in [2.05, 4.69) is 0 Å². The first kappa shape index (κ1) is 14.6. The van der Waals surface area contributed by atoms with E-state index >= 15 is 0 Å². The van der Waals surface area contributed by atoms with Gasteiger partial charge in [-0.1, -0.05) is 23.2 Å². The van der Waals surface area contributed by atoms with Crippen LogP contribution in [0.2, 0.25) is 10.0 Å². The number of nitrogen functional groups attached to an aromatic ring is 1. The summed E-state index contributed by atoms with van der Waals surface area (Å²) < 4.78 is 0. The molecule has 0 fully saturated rings. The summed E-state index contributed by atoms with van der Waals surface area (Å²) >= 11 is 11.7. The average Bonchev–Trinajstić information content (AvgIpc) is 2.31. The summed E-state index contributed by atoms with van der Waals surface area (Å²) in [6.45, 7) is 1.93. The van der Waals surface area contributed by atoms with E-state index in [1.165, 1.54) is 17.0 Å². The molecule has 1 rings (SSSR count). The van der Waals surface area contributed by atoms with Gasteiger partial charge in [0.05, 0.1) is 22.3 Å². The van der Waals surface area contributed by atoms with Crippen LogP contribution in [0.5, 0.6) is 0 Å². The first-order valence-corrected chi connectivity index (χ1v) is 5.94. The van der Waals surface area contributed by atoms with Gasteiger partial charge in [-0.25, -0.2) is 0 Å². The molecule has 0 heterocycles. The molecule has 0 saturated carbocycles. The fourth-order valence-corrected chi connectivity index (χ4v) is 1.89. The maximum absolute atomic E-state index is 12.1. The van der Waals surface area contributed by atoms with Gasteiger partial charge in [0.15, 0.2) is 0 Å². The molecule has 0 aliphatic rings. The SMILES string of the molecule is CCN(CC(N)=O)C(=O)c1cc(Cl)c(N)c(Cl)c1. The highest BCUT2D eigenvalue weighted by Crippen LogP contribution is 2.29. The van der Waals surface area contributed by atoms with Crippen molar-refractivity contribution in [3.05, 3.63) is 27.7 Å². The van der Waals surface area contributed by atoms with Gasteiger partial charge >= 0.3 is 0 Å². The van der Waals surface area contributed by atoms with Gasteiger partial charge in [0, 0.05) is 12.1 Å². The Labute approximate surface area is 115 Å². The van der Waals surface area contributed by atoms with Crippen LogP contribution in [0.1, 0.15) is 17.3 Å². The highest BCUT2D eigenvalue weighted by Gasteiger charge is 2.18. The summed E-state index contributed by atoms with van der Waals surface area (Å²) in [5.74, 6) is -0.960. The van der Waals surface area contributed by atoms with Crippen molar-refractivity contribution in [2.75, 3.05) is 18.8 Å². The van der Waals surface area contributed by atoms with Crippen molar-refractivity contribution in [3.63, 3.8) is 0 Å². The normalized spacial score (nSPS) is 10.2. The lowest BCUT2D eigenvalue weighted by Crippen LogP contribution is -2.38. The number of hydrogen-bond donors (Lipinski definition) is 2. The molecular formula is C11H13Cl2N3O2. The molecule has 0 aliphatic carbocycles. The van der Waals surface area contributed by atoms with Crippen molar-refractivity contribution in [1.82, 2.24) is 4.90 Å². The smallest absolute Gasteiger partial charge is 0.254 e. The first-order chi connectivity index (χ1) is 8.36. The van der Waals surface area contributed by atoms with Crippen LogP contribution in [0.4, 0.5) is 5.69 Å². The maximum atomic E-state index is 12.1. The molecule has 0 aliphatic heterocycles. The highest BCUT2D eigenvalue weighted by molar-refractivity contribution is 6.39. The Kier molecular flexibility index (Phi) is 4.81. The molecule has 0 spiro atoms. The minimum atomic E-state index is -0.585. The van der Waals surface area contributed by atoms with E-state index in [1.807, 2.05) is 0 Å². The number of carbonyl (C=O) groups excluding carboxylic acids is 2. The zero-order chi connectivity index (χ0) is 13.9. The van der Waals surface area contributed by atoms with Crippen molar-refractivity contribution < 1.29 is 9.59 Å². The second-order valence-electron chi connectivity index (χ2n) is 3.64. The number of rotatable bonds is 4. The van der Waals surface area contributed by atoms with Crippen molar-refractivity contribution in [2.24, 2.45) is 5.73 Å². The number of carbonyl (C=O) groups is 2. The second kappa shape index (κ2) is 5.93. The highest BCUT2D eigenvalue weighted by atomic mass is 35.5. The van der Waals surface area contributed by atoms with Crippen LogP contribution < -0.4 is 11.5 Å². The monoisotopic (exact) mass is 289 g/mol. The van der Waals surface area contributed by atoms with Crippen LogP contribution in [0, 0.1) is 0 Å². The summed E-state index contributed by atoms with van der Waals surface area (Å²) in [6.07, 6.45) is 0. The van der Waals surface area contributed by atoms with Crippen LogP contribution >= 0.6 is 23.2 Å². The third kappa shape index (κ3) is 3.27. The Hall–Kier alpha value is -1.46. The maximum Gasteiger partial charge on any atom is 0.254 e. The van der Waals surface area contributed by atoms with Gasteiger partial charge in [0.25, 0.3) is 5.91 Å². The van der Waals surface area contributed by atoms with Gasteiger partial charge in [0.1, 0.15) is 0 Å². The zero-order valence-corrected chi connectivity index (χ0v) is 11.3. The zero-order valence-electron chi connectivity index (χ0n) is 9.74. The molecule has 0 radical (unpaired) electrons. The molecule has 0 unspecified atom stereocenters. The standard InChI is InChI=1S/C11H13Cl2N3O2/c1-2-16(5-9(14)17)11(18)6-3-7(12)10(15)8(13)4-6/h3-4H,2,5,15H2,1H3,(H2,14,17). The van der Waals surface area contributed by atoms with E-state index in [9.17, 15) is 9.59 Å². The molecule has 0 saturated heterocycles. The summed E-state index contributed by atoms with van der Waals surface area (Å²) in [7, 11) is 0. The van der Waals surface area contributed by atoms with Gasteiger partial charge in [-0.15, -0.1) is 0 Å². The lowest BCUT2D eigenvalue weighted by molar-refractivity contribution is -0.118. The number of benzene rings is 1. The molecule has 4 N–H and O–H groups in total. The fraction of sp³-hybridized carbons (Fsp3) is 0.273. The molecule has 2 amide bonds. The van der Waals surface area contributed by atoms with Crippen LogP contribution in [0.3, 0.4) is 0 Å². The molecule has 0 aromatic heterocycles. The van der Waals surface area contributed by atoms with Gasteiger partial charge in [-0.2, -0.15) is 0 Å². The summed E-state index contributed by atoms with van der Waals surface area (Å²) in [5.41, 5.74) is 11.1.